The number of carbonyl (C=O) groups is 1. The third-order valence-corrected chi connectivity index (χ3v) is 6.28. The summed E-state index contributed by atoms with van der Waals surface area (Å²) in [6.45, 7) is 6.11. The summed E-state index contributed by atoms with van der Waals surface area (Å²) in [5, 5.41) is 11.7. The summed E-state index contributed by atoms with van der Waals surface area (Å²) in [5.74, 6) is -0.0409. The standard InChI is InChI=1S/C30H27N7O/c1-30(2,3)15-27(38)33-19-13-18(16-31-17-19)22-10-11-25-28(35-22)29(37-36-25)26-14-21-20(7-6-9-24(21)34-26)23-8-4-5-12-32-23/h4-14,16-17,34H,15H2,1-3H3,(H,33,38)(H,36,37). The molecule has 3 N–H and O–H groups in total. The molecule has 188 valence electrons. The molecule has 0 atom stereocenters. The van der Waals surface area contributed by atoms with Crippen LogP contribution in [0.3, 0.4) is 0 Å². The molecule has 5 heterocycles. The Balaban J connectivity index is 1.36. The zero-order chi connectivity index (χ0) is 26.3. The second-order valence-electron chi connectivity index (χ2n) is 10.6. The van der Waals surface area contributed by atoms with Crippen LogP contribution in [-0.2, 0) is 4.79 Å². The molecule has 0 saturated heterocycles. The molecule has 38 heavy (non-hydrogen) atoms. The van der Waals surface area contributed by atoms with Gasteiger partial charge in [-0.25, -0.2) is 4.98 Å². The van der Waals surface area contributed by atoms with Crippen LogP contribution in [-0.4, -0.2) is 36.0 Å². The van der Waals surface area contributed by atoms with Crippen molar-refractivity contribution in [2.45, 2.75) is 27.2 Å². The van der Waals surface area contributed by atoms with Crippen LogP contribution in [0.25, 0.3) is 55.8 Å². The van der Waals surface area contributed by atoms with E-state index in [-0.39, 0.29) is 11.3 Å². The van der Waals surface area contributed by atoms with Gasteiger partial charge in [0.15, 0.2) is 0 Å². The van der Waals surface area contributed by atoms with Crippen molar-refractivity contribution in [2.24, 2.45) is 5.41 Å². The lowest BCUT2D eigenvalue weighted by atomic mass is 9.92. The summed E-state index contributed by atoms with van der Waals surface area (Å²) in [4.78, 5) is 29.7. The maximum atomic E-state index is 12.4. The van der Waals surface area contributed by atoms with E-state index in [1.165, 1.54) is 0 Å². The van der Waals surface area contributed by atoms with E-state index >= 15 is 0 Å². The van der Waals surface area contributed by atoms with Crippen LogP contribution < -0.4 is 5.32 Å². The van der Waals surface area contributed by atoms with Gasteiger partial charge in [-0.05, 0) is 47.9 Å². The van der Waals surface area contributed by atoms with Gasteiger partial charge in [0.1, 0.15) is 11.2 Å². The van der Waals surface area contributed by atoms with Gasteiger partial charge in [-0.1, -0.05) is 39.0 Å². The number of amides is 1. The third kappa shape index (κ3) is 4.64. The first-order valence-corrected chi connectivity index (χ1v) is 12.5. The van der Waals surface area contributed by atoms with Crippen molar-refractivity contribution in [3.63, 3.8) is 0 Å². The van der Waals surface area contributed by atoms with E-state index in [2.05, 4.69) is 42.6 Å². The summed E-state index contributed by atoms with van der Waals surface area (Å²) in [6.07, 6.45) is 5.62. The van der Waals surface area contributed by atoms with Crippen LogP contribution in [0, 0.1) is 5.41 Å². The third-order valence-electron chi connectivity index (χ3n) is 6.28. The smallest absolute Gasteiger partial charge is 0.224 e. The minimum Gasteiger partial charge on any atom is -0.353 e. The normalized spacial score (nSPS) is 11.8. The summed E-state index contributed by atoms with van der Waals surface area (Å²) in [6, 6.07) is 19.9. The Morgan fingerprint density at radius 2 is 1.84 bits per heavy atom. The highest BCUT2D eigenvalue weighted by molar-refractivity contribution is 6.00. The highest BCUT2D eigenvalue weighted by Gasteiger charge is 2.18. The van der Waals surface area contributed by atoms with Crippen molar-refractivity contribution in [3.05, 3.63) is 79.3 Å². The maximum absolute atomic E-state index is 12.4. The largest absolute Gasteiger partial charge is 0.353 e. The van der Waals surface area contributed by atoms with E-state index in [1.807, 2.05) is 69.3 Å². The number of hydrogen-bond acceptors (Lipinski definition) is 5. The number of H-pyrrole nitrogens is 2. The molecule has 6 aromatic rings. The van der Waals surface area contributed by atoms with Crippen LogP contribution in [0.4, 0.5) is 5.69 Å². The highest BCUT2D eigenvalue weighted by atomic mass is 16.1. The lowest BCUT2D eigenvalue weighted by molar-refractivity contribution is -0.117. The van der Waals surface area contributed by atoms with Gasteiger partial charge in [0.25, 0.3) is 0 Å². The zero-order valence-electron chi connectivity index (χ0n) is 21.4. The van der Waals surface area contributed by atoms with Crippen LogP contribution in [0.2, 0.25) is 0 Å². The first-order chi connectivity index (χ1) is 18.3. The monoisotopic (exact) mass is 501 g/mol. The Bertz CT molecular complexity index is 1780. The topological polar surface area (TPSA) is 112 Å². The molecule has 0 spiro atoms. The molecule has 0 unspecified atom stereocenters. The highest BCUT2D eigenvalue weighted by Crippen LogP contribution is 2.33. The maximum Gasteiger partial charge on any atom is 0.224 e. The number of aromatic nitrogens is 6. The van der Waals surface area contributed by atoms with Gasteiger partial charge >= 0.3 is 0 Å². The lowest BCUT2D eigenvalue weighted by Crippen LogP contribution is -2.19. The number of aromatic amines is 2. The Morgan fingerprint density at radius 1 is 0.947 bits per heavy atom. The van der Waals surface area contributed by atoms with Gasteiger partial charge in [-0.3, -0.25) is 19.9 Å². The van der Waals surface area contributed by atoms with Gasteiger partial charge in [-0.2, -0.15) is 5.10 Å². The Labute approximate surface area is 219 Å². The average Bonchev–Trinajstić information content (AvgIpc) is 3.51. The molecule has 0 aliphatic carbocycles. The number of nitrogens with one attached hydrogen (secondary N) is 3. The molecule has 0 bridgehead atoms. The number of carbonyl (C=O) groups excluding carboxylic acids is 1. The molecule has 0 aliphatic heterocycles. The van der Waals surface area contributed by atoms with E-state index in [0.717, 1.165) is 55.8 Å². The number of fused-ring (bicyclic) bond motifs is 2. The number of pyridine rings is 3. The van der Waals surface area contributed by atoms with Crippen molar-refractivity contribution >= 4 is 33.5 Å². The molecule has 8 heteroatoms. The Kier molecular flexibility index (Phi) is 5.72. The first-order valence-electron chi connectivity index (χ1n) is 12.5. The molecular weight excluding hydrogens is 474 g/mol. The van der Waals surface area contributed by atoms with Crippen molar-refractivity contribution in [3.8, 4) is 33.9 Å². The lowest BCUT2D eigenvalue weighted by Gasteiger charge is -2.17. The molecule has 0 fully saturated rings. The van der Waals surface area contributed by atoms with Gasteiger partial charge in [0.2, 0.25) is 5.91 Å². The fraction of sp³-hybridized carbons (Fsp3) is 0.167. The zero-order valence-corrected chi connectivity index (χ0v) is 21.4. The molecule has 0 aliphatic rings. The molecule has 8 nitrogen and oxygen atoms in total. The summed E-state index contributed by atoms with van der Waals surface area (Å²) in [5.41, 5.74) is 8.22. The van der Waals surface area contributed by atoms with Crippen LogP contribution in [0.5, 0.6) is 0 Å². The number of nitrogens with zero attached hydrogens (tertiary/aromatic N) is 4. The van der Waals surface area contributed by atoms with Crippen LogP contribution in [0.15, 0.2) is 79.3 Å². The van der Waals surface area contributed by atoms with Gasteiger partial charge in [0, 0.05) is 40.8 Å². The molecule has 1 amide bonds. The van der Waals surface area contributed by atoms with E-state index < -0.39 is 0 Å². The second kappa shape index (κ2) is 9.23. The average molecular weight is 502 g/mol. The number of anilines is 1. The fourth-order valence-electron chi connectivity index (χ4n) is 4.61. The van der Waals surface area contributed by atoms with E-state index in [4.69, 9.17) is 4.98 Å². The molecule has 5 aromatic heterocycles. The van der Waals surface area contributed by atoms with Gasteiger partial charge in [0.05, 0.1) is 34.5 Å². The quantitative estimate of drug-likeness (QED) is 0.246. The van der Waals surface area contributed by atoms with Gasteiger partial charge in [-0.15, -0.1) is 0 Å². The predicted molar refractivity (Wildman–Crippen MR) is 150 cm³/mol. The van der Waals surface area contributed by atoms with Crippen molar-refractivity contribution < 1.29 is 4.79 Å². The summed E-state index contributed by atoms with van der Waals surface area (Å²) >= 11 is 0. The van der Waals surface area contributed by atoms with E-state index in [9.17, 15) is 4.79 Å². The molecule has 1 aromatic carbocycles. The fourth-order valence-corrected chi connectivity index (χ4v) is 4.61. The number of hydrogen-bond donors (Lipinski definition) is 3. The van der Waals surface area contributed by atoms with Crippen LogP contribution in [0.1, 0.15) is 27.2 Å². The minimum absolute atomic E-state index is 0.0409. The molecular formula is C30H27N7O. The predicted octanol–water partition coefficient (Wildman–Crippen LogP) is 6.60. The van der Waals surface area contributed by atoms with E-state index in [1.54, 1.807) is 18.6 Å². The van der Waals surface area contributed by atoms with Gasteiger partial charge < -0.3 is 10.3 Å². The molecule has 6 rings (SSSR count). The van der Waals surface area contributed by atoms with Crippen molar-refractivity contribution in [1.82, 2.24) is 30.1 Å². The number of benzene rings is 1. The minimum atomic E-state index is -0.0968. The van der Waals surface area contributed by atoms with Crippen molar-refractivity contribution in [1.29, 1.82) is 0 Å². The second-order valence-corrected chi connectivity index (χ2v) is 10.6. The SMILES string of the molecule is CC(C)(C)CC(=O)Nc1cncc(-c2ccc3[nH]nc(-c4cc5c(-c6ccccn6)cccc5[nH]4)c3n2)c1. The summed E-state index contributed by atoms with van der Waals surface area (Å²) < 4.78 is 0. The molecule has 0 radical (unpaired) electrons. The summed E-state index contributed by atoms with van der Waals surface area (Å²) in [7, 11) is 0. The molecule has 0 saturated carbocycles. The number of rotatable bonds is 5. The van der Waals surface area contributed by atoms with E-state index in [0.29, 0.717) is 12.1 Å². The first kappa shape index (κ1) is 23.5. The Morgan fingerprint density at radius 3 is 2.66 bits per heavy atom. The van der Waals surface area contributed by atoms with Crippen molar-refractivity contribution in [2.75, 3.05) is 5.32 Å². The van der Waals surface area contributed by atoms with Crippen LogP contribution >= 0.6 is 0 Å². The Hall–Kier alpha value is -4.85.